The molecule has 0 spiro atoms. The van der Waals surface area contributed by atoms with Crippen molar-refractivity contribution in [2.24, 2.45) is 0 Å². The summed E-state index contributed by atoms with van der Waals surface area (Å²) in [5.74, 6) is -1.20. The first-order valence-corrected chi connectivity index (χ1v) is 7.71. The molecule has 0 bridgehead atoms. The third-order valence-corrected chi connectivity index (χ3v) is 2.96. The number of esters is 1. The van der Waals surface area contributed by atoms with Gasteiger partial charge < -0.3 is 14.8 Å². The molecule has 24 heavy (non-hydrogen) atoms. The highest BCUT2D eigenvalue weighted by molar-refractivity contribution is 5.98. The summed E-state index contributed by atoms with van der Waals surface area (Å²) in [6.45, 7) is 6.46. The van der Waals surface area contributed by atoms with Gasteiger partial charge in [0.05, 0.1) is 23.2 Å². The first-order valence-electron chi connectivity index (χ1n) is 7.71. The topological polar surface area (TPSA) is 108 Å². The minimum absolute atomic E-state index is 0.0284. The van der Waals surface area contributed by atoms with Crippen LogP contribution in [0.3, 0.4) is 0 Å². The molecule has 0 aliphatic heterocycles. The number of nitrogens with one attached hydrogen (secondary N) is 1. The molecule has 1 amide bonds. The molecule has 0 aliphatic carbocycles. The maximum absolute atomic E-state index is 12.1. The quantitative estimate of drug-likeness (QED) is 0.320. The Morgan fingerprint density at radius 1 is 1.25 bits per heavy atom. The molecule has 1 rings (SSSR count). The van der Waals surface area contributed by atoms with Gasteiger partial charge in [0.2, 0.25) is 0 Å². The summed E-state index contributed by atoms with van der Waals surface area (Å²) < 4.78 is 10.2. The third kappa shape index (κ3) is 6.33. The van der Waals surface area contributed by atoms with Gasteiger partial charge in [0.25, 0.3) is 11.6 Å². The molecule has 0 fully saturated rings. The van der Waals surface area contributed by atoms with Gasteiger partial charge in [0.1, 0.15) is 0 Å². The number of hydrogen-bond donors (Lipinski definition) is 1. The molecule has 1 N–H and O–H groups in total. The zero-order valence-corrected chi connectivity index (χ0v) is 14.0. The summed E-state index contributed by atoms with van der Waals surface area (Å²) in [6.07, 6.45) is 0.730. The second-order valence-corrected chi connectivity index (χ2v) is 5.28. The number of nitro benzene ring substituents is 1. The van der Waals surface area contributed by atoms with Crippen LogP contribution in [0, 0.1) is 10.1 Å². The molecule has 0 atom stereocenters. The molecule has 0 saturated heterocycles. The number of benzene rings is 1. The van der Waals surface area contributed by atoms with Crippen LogP contribution < -0.4 is 5.32 Å². The van der Waals surface area contributed by atoms with Crippen LogP contribution in [0.4, 0.5) is 5.69 Å². The highest BCUT2D eigenvalue weighted by atomic mass is 16.6. The number of rotatable bonds is 9. The van der Waals surface area contributed by atoms with E-state index in [9.17, 15) is 19.7 Å². The Morgan fingerprint density at radius 2 is 1.92 bits per heavy atom. The predicted molar refractivity (Wildman–Crippen MR) is 87.1 cm³/mol. The number of nitro groups is 1. The summed E-state index contributed by atoms with van der Waals surface area (Å²) in [5, 5.41) is 13.6. The number of ether oxygens (including phenoxy) is 2. The maximum atomic E-state index is 12.1. The normalized spacial score (nSPS) is 10.5. The van der Waals surface area contributed by atoms with E-state index in [1.165, 1.54) is 6.07 Å². The monoisotopic (exact) mass is 338 g/mol. The summed E-state index contributed by atoms with van der Waals surface area (Å²) in [7, 11) is 0. The lowest BCUT2D eigenvalue weighted by atomic mass is 10.1. The van der Waals surface area contributed by atoms with E-state index in [0.29, 0.717) is 19.6 Å². The van der Waals surface area contributed by atoms with Crippen molar-refractivity contribution in [1.29, 1.82) is 0 Å². The third-order valence-electron chi connectivity index (χ3n) is 2.96. The van der Waals surface area contributed by atoms with E-state index >= 15 is 0 Å². The zero-order chi connectivity index (χ0) is 18.1. The second kappa shape index (κ2) is 9.61. The van der Waals surface area contributed by atoms with Crippen LogP contribution in [0.5, 0.6) is 0 Å². The largest absolute Gasteiger partial charge is 0.462 e. The Bertz CT molecular complexity index is 600. The molecule has 0 saturated carbocycles. The number of hydrogen-bond acceptors (Lipinski definition) is 6. The number of non-ortho nitro benzene ring substituents is 1. The number of carbonyl (C=O) groups excluding carboxylic acids is 2. The van der Waals surface area contributed by atoms with Gasteiger partial charge in [-0.15, -0.1) is 0 Å². The SMILES string of the molecule is CCOC(=O)c1cc(C(=O)NCCCOC(C)C)cc([N+](=O)[O-])c1. The van der Waals surface area contributed by atoms with Gasteiger partial charge in [0.15, 0.2) is 0 Å². The van der Waals surface area contributed by atoms with Gasteiger partial charge in [-0.1, -0.05) is 0 Å². The van der Waals surface area contributed by atoms with Gasteiger partial charge in [-0.2, -0.15) is 0 Å². The van der Waals surface area contributed by atoms with Crippen molar-refractivity contribution in [2.75, 3.05) is 19.8 Å². The molecule has 1 aromatic carbocycles. The van der Waals surface area contributed by atoms with Gasteiger partial charge in [-0.3, -0.25) is 14.9 Å². The maximum Gasteiger partial charge on any atom is 0.338 e. The van der Waals surface area contributed by atoms with Gasteiger partial charge in [0, 0.05) is 30.8 Å². The minimum atomic E-state index is -0.708. The van der Waals surface area contributed by atoms with Crippen LogP contribution in [0.15, 0.2) is 18.2 Å². The molecule has 8 heteroatoms. The highest BCUT2D eigenvalue weighted by Crippen LogP contribution is 2.18. The van der Waals surface area contributed by atoms with Crippen molar-refractivity contribution in [1.82, 2.24) is 5.32 Å². The van der Waals surface area contributed by atoms with Crippen molar-refractivity contribution >= 4 is 17.6 Å². The lowest BCUT2D eigenvalue weighted by Gasteiger charge is -2.09. The Hall–Kier alpha value is -2.48. The summed E-state index contributed by atoms with van der Waals surface area (Å²) >= 11 is 0. The van der Waals surface area contributed by atoms with E-state index in [4.69, 9.17) is 9.47 Å². The van der Waals surface area contributed by atoms with Crippen LogP contribution in [-0.4, -0.2) is 42.7 Å². The average Bonchev–Trinajstić information content (AvgIpc) is 2.53. The van der Waals surface area contributed by atoms with Crippen LogP contribution in [0.2, 0.25) is 0 Å². The van der Waals surface area contributed by atoms with Crippen molar-refractivity contribution in [3.63, 3.8) is 0 Å². The van der Waals surface area contributed by atoms with Crippen LogP contribution in [-0.2, 0) is 9.47 Å². The van der Waals surface area contributed by atoms with E-state index in [2.05, 4.69) is 5.32 Å². The minimum Gasteiger partial charge on any atom is -0.462 e. The van der Waals surface area contributed by atoms with E-state index < -0.39 is 16.8 Å². The molecule has 0 aromatic heterocycles. The molecule has 0 heterocycles. The van der Waals surface area contributed by atoms with Crippen molar-refractivity contribution in [3.8, 4) is 0 Å². The summed E-state index contributed by atoms with van der Waals surface area (Å²) in [6, 6.07) is 3.50. The number of amides is 1. The van der Waals surface area contributed by atoms with Crippen LogP contribution in [0.1, 0.15) is 47.9 Å². The fourth-order valence-corrected chi connectivity index (χ4v) is 1.88. The smallest absolute Gasteiger partial charge is 0.338 e. The number of nitrogens with zero attached hydrogens (tertiary/aromatic N) is 1. The second-order valence-electron chi connectivity index (χ2n) is 5.28. The van der Waals surface area contributed by atoms with Gasteiger partial charge in [-0.25, -0.2) is 4.79 Å². The molecule has 0 radical (unpaired) electrons. The molecule has 132 valence electrons. The van der Waals surface area contributed by atoms with Crippen molar-refractivity contribution in [2.45, 2.75) is 33.3 Å². The average molecular weight is 338 g/mol. The molecule has 8 nitrogen and oxygen atoms in total. The Balaban J connectivity index is 2.79. The highest BCUT2D eigenvalue weighted by Gasteiger charge is 2.18. The first-order chi connectivity index (χ1) is 11.3. The van der Waals surface area contributed by atoms with Crippen molar-refractivity contribution in [3.05, 3.63) is 39.4 Å². The number of carbonyl (C=O) groups is 2. The first kappa shape index (κ1) is 19.6. The van der Waals surface area contributed by atoms with E-state index in [1.807, 2.05) is 13.8 Å². The fourth-order valence-electron chi connectivity index (χ4n) is 1.88. The van der Waals surface area contributed by atoms with Crippen LogP contribution in [0.25, 0.3) is 0 Å². The molecule has 1 aromatic rings. The Kier molecular flexibility index (Phi) is 7.84. The van der Waals surface area contributed by atoms with E-state index in [0.717, 1.165) is 12.1 Å². The molecule has 0 aliphatic rings. The Labute approximate surface area is 140 Å². The summed E-state index contributed by atoms with van der Waals surface area (Å²) in [5.41, 5.74) is -0.329. The Morgan fingerprint density at radius 3 is 2.50 bits per heavy atom. The summed E-state index contributed by atoms with van der Waals surface area (Å²) in [4.78, 5) is 34.2. The van der Waals surface area contributed by atoms with Crippen LogP contribution >= 0.6 is 0 Å². The van der Waals surface area contributed by atoms with Crippen molar-refractivity contribution < 1.29 is 24.0 Å². The lowest BCUT2D eigenvalue weighted by molar-refractivity contribution is -0.384. The van der Waals surface area contributed by atoms with Gasteiger partial charge in [-0.05, 0) is 33.3 Å². The molecular formula is C16H22N2O6. The zero-order valence-electron chi connectivity index (χ0n) is 14.0. The predicted octanol–water partition coefficient (Wildman–Crippen LogP) is 2.32. The van der Waals surface area contributed by atoms with E-state index in [-0.39, 0.29) is 29.5 Å². The molecule has 0 unspecified atom stereocenters. The molecular weight excluding hydrogens is 316 g/mol. The lowest BCUT2D eigenvalue weighted by Crippen LogP contribution is -2.26. The van der Waals surface area contributed by atoms with Gasteiger partial charge >= 0.3 is 5.97 Å². The standard InChI is InChI=1S/C16H22N2O6/c1-4-23-16(20)13-8-12(9-14(10-13)18(21)22)15(19)17-6-5-7-24-11(2)3/h8-11H,4-7H2,1-3H3,(H,17,19). The fraction of sp³-hybridized carbons (Fsp3) is 0.500. The van der Waals surface area contributed by atoms with E-state index in [1.54, 1.807) is 6.92 Å².